The molecule has 2 aromatic rings. The van der Waals surface area contributed by atoms with Crippen molar-refractivity contribution in [1.29, 1.82) is 0 Å². The molecule has 2 heterocycles. The first kappa shape index (κ1) is 17.2. The molecular weight excluding hydrogens is 341 g/mol. The lowest BCUT2D eigenvalue weighted by atomic mass is 10.1. The molecule has 4 nitrogen and oxygen atoms in total. The minimum absolute atomic E-state index is 0. The molecule has 0 aromatic carbocycles. The molecule has 0 saturated heterocycles. The van der Waals surface area contributed by atoms with Gasteiger partial charge in [-0.2, -0.15) is 0 Å². The van der Waals surface area contributed by atoms with Crippen molar-refractivity contribution in [1.82, 2.24) is 4.98 Å². The van der Waals surface area contributed by atoms with Crippen LogP contribution >= 0.6 is 34.4 Å². The van der Waals surface area contributed by atoms with Gasteiger partial charge in [-0.05, 0) is 31.5 Å². The molecule has 20 heavy (non-hydrogen) atoms. The predicted molar refractivity (Wildman–Crippen MR) is 84.8 cm³/mol. The summed E-state index contributed by atoms with van der Waals surface area (Å²) in [5.74, 6) is 0. The van der Waals surface area contributed by atoms with Crippen molar-refractivity contribution in [3.05, 3.63) is 39.8 Å². The number of halogens is 2. The smallest absolute Gasteiger partial charge is 0.270 e. The molecule has 0 bridgehead atoms. The number of nitrogens with one attached hydrogen (secondary N) is 1. The zero-order chi connectivity index (χ0) is 14.2. The highest BCUT2D eigenvalue weighted by atomic mass is 35.7. The zero-order valence-electron chi connectivity index (χ0n) is 10.8. The summed E-state index contributed by atoms with van der Waals surface area (Å²) in [5.41, 5.74) is 2.10. The molecule has 0 spiro atoms. The minimum atomic E-state index is -3.71. The molecular formula is C12H13Cl2NO3S2. The number of pyridine rings is 1. The van der Waals surface area contributed by atoms with E-state index < -0.39 is 9.05 Å². The second kappa shape index (κ2) is 6.30. The molecule has 0 aliphatic heterocycles. The van der Waals surface area contributed by atoms with Gasteiger partial charge in [-0.25, -0.2) is 8.42 Å². The van der Waals surface area contributed by atoms with Gasteiger partial charge >= 0.3 is 0 Å². The summed E-state index contributed by atoms with van der Waals surface area (Å²) >= 11 is 1.09. The fraction of sp³-hybridized carbons (Fsp3) is 0.250. The Balaban J connectivity index is 0.00000200. The van der Waals surface area contributed by atoms with Crippen LogP contribution in [0.4, 0.5) is 0 Å². The van der Waals surface area contributed by atoms with Crippen LogP contribution in [-0.2, 0) is 15.5 Å². The molecule has 0 radical (unpaired) electrons. The quantitative estimate of drug-likeness (QED) is 0.860. The van der Waals surface area contributed by atoms with Crippen LogP contribution in [0.15, 0.2) is 27.2 Å². The number of aryl methyl sites for hydroxylation is 2. The summed E-state index contributed by atoms with van der Waals surface area (Å²) in [5, 5.41) is 0. The van der Waals surface area contributed by atoms with Gasteiger partial charge in [0.15, 0.2) is 0 Å². The Kier molecular flexibility index (Phi) is 5.43. The molecule has 0 aliphatic rings. The predicted octanol–water partition coefficient (Wildman–Crippen LogP) is 3.32. The lowest BCUT2D eigenvalue weighted by Crippen LogP contribution is -2.13. The summed E-state index contributed by atoms with van der Waals surface area (Å²) in [6.45, 7) is 3.68. The maximum Gasteiger partial charge on any atom is 0.270 e. The number of aromatic nitrogens is 1. The Morgan fingerprint density at radius 2 is 2.00 bits per heavy atom. The first-order chi connectivity index (χ1) is 8.82. The molecule has 1 N–H and O–H groups in total. The highest BCUT2D eigenvalue weighted by Gasteiger charge is 2.15. The van der Waals surface area contributed by atoms with E-state index in [1.54, 1.807) is 19.1 Å². The fourth-order valence-electron chi connectivity index (χ4n) is 1.78. The first-order valence-electron chi connectivity index (χ1n) is 5.60. The molecule has 110 valence electrons. The van der Waals surface area contributed by atoms with Gasteiger partial charge in [-0.1, -0.05) is 6.92 Å². The van der Waals surface area contributed by atoms with Crippen LogP contribution in [0.1, 0.15) is 18.2 Å². The van der Waals surface area contributed by atoms with E-state index in [9.17, 15) is 13.2 Å². The molecule has 0 fully saturated rings. The van der Waals surface area contributed by atoms with Gasteiger partial charge in [-0.3, -0.25) is 4.79 Å². The molecule has 8 heteroatoms. The van der Waals surface area contributed by atoms with E-state index in [0.717, 1.165) is 21.8 Å². The molecule has 0 amide bonds. The topological polar surface area (TPSA) is 67.0 Å². The second-order valence-corrected chi connectivity index (χ2v) is 7.95. The van der Waals surface area contributed by atoms with Gasteiger partial charge < -0.3 is 4.98 Å². The number of hydrogen-bond acceptors (Lipinski definition) is 4. The number of aromatic amines is 1. The Hall–Kier alpha value is -0.820. The Labute approximate surface area is 131 Å². The summed E-state index contributed by atoms with van der Waals surface area (Å²) < 4.78 is 22.6. The van der Waals surface area contributed by atoms with Crippen LogP contribution in [0.2, 0.25) is 0 Å². The molecule has 0 atom stereocenters. The fourth-order valence-corrected chi connectivity index (χ4v) is 3.93. The molecule has 0 unspecified atom stereocenters. The first-order valence-corrected chi connectivity index (χ1v) is 8.73. The standard InChI is InChI=1S/C12H12ClNO3S2.ClH/c1-3-8-6-9(7(2)14-12(8)15)10-4-5-11(18-10)19(13,16)17;/h4-6H,3H2,1-2H3,(H,14,15);1H. The number of thiophene rings is 1. The monoisotopic (exact) mass is 353 g/mol. The SMILES string of the molecule is CCc1cc(-c2ccc(S(=O)(=O)Cl)s2)c(C)[nH]c1=O.Cl. The van der Waals surface area contributed by atoms with Crippen LogP contribution in [0.25, 0.3) is 10.4 Å². The average Bonchev–Trinajstić information content (AvgIpc) is 2.78. The van der Waals surface area contributed by atoms with E-state index in [0.29, 0.717) is 17.7 Å². The molecule has 0 saturated carbocycles. The Morgan fingerprint density at radius 3 is 2.50 bits per heavy atom. The van der Waals surface area contributed by atoms with Crippen molar-refractivity contribution >= 4 is 43.5 Å². The van der Waals surface area contributed by atoms with E-state index >= 15 is 0 Å². The number of rotatable bonds is 3. The van der Waals surface area contributed by atoms with Crippen molar-refractivity contribution < 1.29 is 8.42 Å². The minimum Gasteiger partial charge on any atom is -0.326 e. The largest absolute Gasteiger partial charge is 0.326 e. The van der Waals surface area contributed by atoms with E-state index in [2.05, 4.69) is 4.98 Å². The van der Waals surface area contributed by atoms with Crippen LogP contribution < -0.4 is 5.56 Å². The lowest BCUT2D eigenvalue weighted by molar-refractivity contribution is 0.611. The van der Waals surface area contributed by atoms with Gasteiger partial charge in [0.25, 0.3) is 14.6 Å². The van der Waals surface area contributed by atoms with E-state index in [4.69, 9.17) is 10.7 Å². The van der Waals surface area contributed by atoms with Crippen LogP contribution in [0.3, 0.4) is 0 Å². The van der Waals surface area contributed by atoms with E-state index in [1.807, 2.05) is 6.92 Å². The maximum atomic E-state index is 11.6. The van der Waals surface area contributed by atoms with Gasteiger partial charge in [-0.15, -0.1) is 23.7 Å². The maximum absolute atomic E-state index is 11.6. The van der Waals surface area contributed by atoms with Gasteiger partial charge in [0.2, 0.25) is 0 Å². The Bertz CT molecular complexity index is 778. The third kappa shape index (κ3) is 3.44. The zero-order valence-corrected chi connectivity index (χ0v) is 14.0. The molecule has 2 rings (SSSR count). The van der Waals surface area contributed by atoms with Crippen molar-refractivity contribution in [2.75, 3.05) is 0 Å². The summed E-state index contributed by atoms with van der Waals surface area (Å²) in [4.78, 5) is 15.2. The van der Waals surface area contributed by atoms with Gasteiger partial charge in [0.1, 0.15) is 4.21 Å². The molecule has 0 aliphatic carbocycles. The van der Waals surface area contributed by atoms with E-state index in [-0.39, 0.29) is 22.2 Å². The van der Waals surface area contributed by atoms with Crippen molar-refractivity contribution in [2.45, 2.75) is 24.5 Å². The second-order valence-electron chi connectivity index (χ2n) is 4.07. The van der Waals surface area contributed by atoms with Crippen LogP contribution in [0.5, 0.6) is 0 Å². The van der Waals surface area contributed by atoms with Crippen LogP contribution in [-0.4, -0.2) is 13.4 Å². The van der Waals surface area contributed by atoms with Crippen molar-refractivity contribution in [3.63, 3.8) is 0 Å². The summed E-state index contributed by atoms with van der Waals surface area (Å²) in [6, 6.07) is 4.96. The van der Waals surface area contributed by atoms with Gasteiger partial charge in [0, 0.05) is 32.4 Å². The highest BCUT2D eigenvalue weighted by Crippen LogP contribution is 2.33. The van der Waals surface area contributed by atoms with Crippen molar-refractivity contribution in [2.24, 2.45) is 0 Å². The number of hydrogen-bond donors (Lipinski definition) is 1. The average molecular weight is 354 g/mol. The normalized spacial score (nSPS) is 11.2. The number of H-pyrrole nitrogens is 1. The van der Waals surface area contributed by atoms with Crippen LogP contribution in [0, 0.1) is 6.92 Å². The lowest BCUT2D eigenvalue weighted by Gasteiger charge is -2.05. The Morgan fingerprint density at radius 1 is 1.35 bits per heavy atom. The molecule has 2 aromatic heterocycles. The summed E-state index contributed by atoms with van der Waals surface area (Å²) in [7, 11) is 1.60. The van der Waals surface area contributed by atoms with E-state index in [1.165, 1.54) is 6.07 Å². The summed E-state index contributed by atoms with van der Waals surface area (Å²) in [6.07, 6.45) is 0.620. The van der Waals surface area contributed by atoms with Gasteiger partial charge in [0.05, 0.1) is 0 Å². The third-order valence-corrected chi connectivity index (χ3v) is 5.99. The third-order valence-electron chi connectivity index (χ3n) is 2.78. The highest BCUT2D eigenvalue weighted by molar-refractivity contribution is 8.15. The van der Waals surface area contributed by atoms with Crippen molar-refractivity contribution in [3.8, 4) is 10.4 Å².